The van der Waals surface area contributed by atoms with E-state index in [4.69, 9.17) is 4.74 Å². The quantitative estimate of drug-likeness (QED) is 0.874. The summed E-state index contributed by atoms with van der Waals surface area (Å²) < 4.78 is 5.37. The number of benzene rings is 1. The van der Waals surface area contributed by atoms with Crippen molar-refractivity contribution in [2.24, 2.45) is 5.92 Å². The molecule has 1 heterocycles. The first kappa shape index (κ1) is 16.0. The number of rotatable bonds is 5. The first-order valence-electron chi connectivity index (χ1n) is 7.75. The van der Waals surface area contributed by atoms with Gasteiger partial charge in [-0.25, -0.2) is 0 Å². The van der Waals surface area contributed by atoms with Gasteiger partial charge in [0.05, 0.1) is 19.3 Å². The van der Waals surface area contributed by atoms with Crippen molar-refractivity contribution in [1.29, 1.82) is 0 Å². The highest BCUT2D eigenvalue weighted by Gasteiger charge is 2.25. The molecule has 0 aliphatic carbocycles. The Morgan fingerprint density at radius 2 is 2.19 bits per heavy atom. The van der Waals surface area contributed by atoms with Gasteiger partial charge in [-0.05, 0) is 30.4 Å². The van der Waals surface area contributed by atoms with Crippen LogP contribution in [0.4, 0.5) is 0 Å². The molecular weight excluding hydrogens is 264 g/mol. The maximum absolute atomic E-state index is 12.4. The minimum absolute atomic E-state index is 0.0311. The lowest BCUT2D eigenvalue weighted by atomic mass is 9.93. The molecule has 4 heteroatoms. The van der Waals surface area contributed by atoms with E-state index in [0.29, 0.717) is 19.1 Å². The van der Waals surface area contributed by atoms with Gasteiger partial charge in [-0.15, -0.1) is 0 Å². The number of nitrogens with one attached hydrogen (secondary N) is 2. The van der Waals surface area contributed by atoms with Crippen LogP contribution in [-0.2, 0) is 9.53 Å². The zero-order chi connectivity index (χ0) is 15.2. The third-order valence-electron chi connectivity index (χ3n) is 3.83. The van der Waals surface area contributed by atoms with Gasteiger partial charge in [0.15, 0.2) is 0 Å². The molecule has 2 rings (SSSR count). The van der Waals surface area contributed by atoms with Gasteiger partial charge in [-0.1, -0.05) is 38.1 Å². The molecule has 116 valence electrons. The van der Waals surface area contributed by atoms with E-state index < -0.39 is 0 Å². The number of aryl methyl sites for hydroxylation is 1. The number of ether oxygens (including phenoxy) is 1. The molecule has 1 saturated heterocycles. The van der Waals surface area contributed by atoms with E-state index in [-0.39, 0.29) is 18.0 Å². The lowest BCUT2D eigenvalue weighted by Gasteiger charge is -2.28. The van der Waals surface area contributed by atoms with Crippen molar-refractivity contribution in [3.8, 4) is 0 Å². The minimum atomic E-state index is -0.238. The Bertz CT molecular complexity index is 468. The molecule has 2 atom stereocenters. The van der Waals surface area contributed by atoms with Crippen molar-refractivity contribution in [1.82, 2.24) is 10.6 Å². The van der Waals surface area contributed by atoms with Crippen molar-refractivity contribution in [3.63, 3.8) is 0 Å². The second-order valence-electron chi connectivity index (χ2n) is 6.13. The standard InChI is InChI=1S/C17H26N2O2/c1-12(2)10-15(14-7-5-4-6-13(14)3)19-17(20)16-11-21-9-8-18-16/h4-7,12,15-16,18H,8-11H2,1-3H3,(H,19,20). The Morgan fingerprint density at radius 1 is 1.43 bits per heavy atom. The van der Waals surface area contributed by atoms with Crippen LogP contribution in [-0.4, -0.2) is 31.7 Å². The Kier molecular flexibility index (Phi) is 5.76. The highest BCUT2D eigenvalue weighted by atomic mass is 16.5. The monoisotopic (exact) mass is 290 g/mol. The molecule has 0 spiro atoms. The molecule has 2 N–H and O–H groups in total. The molecule has 1 aromatic rings. The lowest BCUT2D eigenvalue weighted by molar-refractivity contribution is -0.126. The van der Waals surface area contributed by atoms with Crippen LogP contribution in [0.2, 0.25) is 0 Å². The Morgan fingerprint density at radius 3 is 2.81 bits per heavy atom. The molecule has 0 aromatic heterocycles. The molecule has 0 radical (unpaired) electrons. The first-order valence-corrected chi connectivity index (χ1v) is 7.75. The molecule has 1 aliphatic rings. The summed E-state index contributed by atoms with van der Waals surface area (Å²) in [5, 5.41) is 6.40. The molecule has 0 bridgehead atoms. The summed E-state index contributed by atoms with van der Waals surface area (Å²) in [6.07, 6.45) is 0.935. The van der Waals surface area contributed by atoms with E-state index in [1.54, 1.807) is 0 Å². The molecule has 1 aliphatic heterocycles. The molecule has 1 fully saturated rings. The normalized spacial score (nSPS) is 20.3. The van der Waals surface area contributed by atoms with Gasteiger partial charge in [0.2, 0.25) is 5.91 Å². The molecule has 4 nitrogen and oxygen atoms in total. The SMILES string of the molecule is Cc1ccccc1C(CC(C)C)NC(=O)C1COCCN1. The lowest BCUT2D eigenvalue weighted by Crippen LogP contribution is -2.52. The number of amides is 1. The van der Waals surface area contributed by atoms with Gasteiger partial charge < -0.3 is 15.4 Å². The second kappa shape index (κ2) is 7.57. The summed E-state index contributed by atoms with van der Waals surface area (Å²) in [7, 11) is 0. The summed E-state index contributed by atoms with van der Waals surface area (Å²) in [5.41, 5.74) is 2.42. The summed E-state index contributed by atoms with van der Waals surface area (Å²) >= 11 is 0. The van der Waals surface area contributed by atoms with E-state index >= 15 is 0 Å². The largest absolute Gasteiger partial charge is 0.378 e. The minimum Gasteiger partial charge on any atom is -0.378 e. The Balaban J connectivity index is 2.09. The fourth-order valence-corrected chi connectivity index (χ4v) is 2.72. The fourth-order valence-electron chi connectivity index (χ4n) is 2.72. The van der Waals surface area contributed by atoms with Gasteiger partial charge >= 0.3 is 0 Å². The summed E-state index contributed by atoms with van der Waals surface area (Å²) in [6.45, 7) is 8.32. The van der Waals surface area contributed by atoms with Crippen LogP contribution in [0.5, 0.6) is 0 Å². The van der Waals surface area contributed by atoms with Crippen LogP contribution >= 0.6 is 0 Å². The zero-order valence-corrected chi connectivity index (χ0v) is 13.2. The number of hydrogen-bond donors (Lipinski definition) is 2. The second-order valence-corrected chi connectivity index (χ2v) is 6.13. The van der Waals surface area contributed by atoms with Crippen molar-refractivity contribution in [2.75, 3.05) is 19.8 Å². The number of hydrogen-bond acceptors (Lipinski definition) is 3. The number of carbonyl (C=O) groups excluding carboxylic acids is 1. The van der Waals surface area contributed by atoms with E-state index in [9.17, 15) is 4.79 Å². The molecule has 1 amide bonds. The van der Waals surface area contributed by atoms with E-state index in [1.165, 1.54) is 11.1 Å². The highest BCUT2D eigenvalue weighted by Crippen LogP contribution is 2.24. The number of morpholine rings is 1. The highest BCUT2D eigenvalue weighted by molar-refractivity contribution is 5.82. The van der Waals surface area contributed by atoms with Crippen LogP contribution in [0.1, 0.15) is 37.4 Å². The Labute approximate surface area is 127 Å². The van der Waals surface area contributed by atoms with E-state index in [2.05, 4.69) is 43.5 Å². The van der Waals surface area contributed by atoms with Crippen LogP contribution < -0.4 is 10.6 Å². The van der Waals surface area contributed by atoms with E-state index in [0.717, 1.165) is 13.0 Å². The first-order chi connectivity index (χ1) is 10.1. The van der Waals surface area contributed by atoms with Crippen molar-refractivity contribution in [2.45, 2.75) is 39.3 Å². The van der Waals surface area contributed by atoms with Crippen LogP contribution in [0.25, 0.3) is 0 Å². The molecular formula is C17H26N2O2. The van der Waals surface area contributed by atoms with Gasteiger partial charge in [-0.3, -0.25) is 4.79 Å². The van der Waals surface area contributed by atoms with Crippen LogP contribution in [0, 0.1) is 12.8 Å². The van der Waals surface area contributed by atoms with Gasteiger partial charge in [0.25, 0.3) is 0 Å². The average molecular weight is 290 g/mol. The van der Waals surface area contributed by atoms with Gasteiger partial charge in [-0.2, -0.15) is 0 Å². The van der Waals surface area contributed by atoms with Crippen molar-refractivity contribution in [3.05, 3.63) is 35.4 Å². The predicted molar refractivity (Wildman–Crippen MR) is 84.1 cm³/mol. The van der Waals surface area contributed by atoms with Gasteiger partial charge in [0, 0.05) is 6.54 Å². The van der Waals surface area contributed by atoms with Crippen molar-refractivity contribution < 1.29 is 9.53 Å². The third kappa shape index (κ3) is 4.55. The van der Waals surface area contributed by atoms with Crippen molar-refractivity contribution >= 4 is 5.91 Å². The summed E-state index contributed by atoms with van der Waals surface area (Å²) in [5.74, 6) is 0.550. The summed E-state index contributed by atoms with van der Waals surface area (Å²) in [4.78, 5) is 12.4. The Hall–Kier alpha value is -1.39. The molecule has 21 heavy (non-hydrogen) atoms. The van der Waals surface area contributed by atoms with Crippen LogP contribution in [0.15, 0.2) is 24.3 Å². The van der Waals surface area contributed by atoms with Crippen LogP contribution in [0.3, 0.4) is 0 Å². The maximum Gasteiger partial charge on any atom is 0.240 e. The van der Waals surface area contributed by atoms with Gasteiger partial charge in [0.1, 0.15) is 6.04 Å². The third-order valence-corrected chi connectivity index (χ3v) is 3.83. The maximum atomic E-state index is 12.4. The zero-order valence-electron chi connectivity index (χ0n) is 13.2. The fraction of sp³-hybridized carbons (Fsp3) is 0.588. The molecule has 1 aromatic carbocycles. The molecule has 0 saturated carbocycles. The summed E-state index contributed by atoms with van der Waals surface area (Å²) in [6, 6.07) is 8.08. The smallest absolute Gasteiger partial charge is 0.240 e. The topological polar surface area (TPSA) is 50.4 Å². The number of carbonyl (C=O) groups is 1. The van der Waals surface area contributed by atoms with E-state index in [1.807, 2.05) is 12.1 Å². The predicted octanol–water partition coefficient (Wildman–Crippen LogP) is 2.19. The average Bonchev–Trinajstić information content (AvgIpc) is 2.47. The molecule has 2 unspecified atom stereocenters.